The fourth-order valence-corrected chi connectivity index (χ4v) is 4.41. The molecule has 1 unspecified atom stereocenters. The molecule has 1 N–H and O–H groups in total. The molecule has 1 atom stereocenters. The van der Waals surface area contributed by atoms with E-state index in [0.717, 1.165) is 0 Å². The first-order chi connectivity index (χ1) is 18.2. The zero-order valence-corrected chi connectivity index (χ0v) is 22.8. The maximum atomic E-state index is 13.4. The Morgan fingerprint density at radius 3 is 2.05 bits per heavy atom. The van der Waals surface area contributed by atoms with E-state index in [1.165, 1.54) is 40.4 Å². The van der Waals surface area contributed by atoms with Crippen LogP contribution < -0.4 is 23.7 Å². The molecule has 1 heterocycles. The van der Waals surface area contributed by atoms with Crippen LogP contribution in [0.1, 0.15) is 37.4 Å². The number of methoxy groups -OCH3 is 5. The van der Waals surface area contributed by atoms with Crippen molar-refractivity contribution in [2.45, 2.75) is 32.4 Å². The Hall–Kier alpha value is -3.92. The van der Waals surface area contributed by atoms with Crippen molar-refractivity contribution >= 4 is 17.4 Å². The van der Waals surface area contributed by atoms with E-state index in [9.17, 15) is 14.7 Å². The number of likely N-dealkylation sites (tertiary alicyclic amines) is 1. The number of ether oxygens (including phenoxy) is 6. The Morgan fingerprint density at radius 1 is 0.895 bits per heavy atom. The van der Waals surface area contributed by atoms with Crippen molar-refractivity contribution < 1.29 is 43.1 Å². The van der Waals surface area contributed by atoms with Gasteiger partial charge < -0.3 is 38.4 Å². The van der Waals surface area contributed by atoms with E-state index in [1.54, 1.807) is 30.3 Å². The van der Waals surface area contributed by atoms with Gasteiger partial charge in [-0.1, -0.05) is 0 Å². The number of benzene rings is 2. The molecular formula is C28H35NO9. The molecule has 0 spiro atoms. The SMILES string of the molecule is COc1ccc(OC)c(/C(O)=C2\C(=O)C(=O)N(CCCOC(C)C)C2c2cc(OC)c(OC)c(OC)c2)c1. The minimum atomic E-state index is -0.946. The topological polar surface area (TPSA) is 113 Å². The number of amides is 1. The van der Waals surface area contributed by atoms with Crippen LogP contribution in [0.4, 0.5) is 0 Å². The van der Waals surface area contributed by atoms with E-state index in [-0.39, 0.29) is 23.8 Å². The highest BCUT2D eigenvalue weighted by molar-refractivity contribution is 6.46. The summed E-state index contributed by atoms with van der Waals surface area (Å²) in [6.45, 7) is 4.45. The molecule has 0 saturated carbocycles. The molecule has 206 valence electrons. The van der Waals surface area contributed by atoms with Crippen molar-refractivity contribution in [3.63, 3.8) is 0 Å². The highest BCUT2D eigenvalue weighted by Gasteiger charge is 2.46. The number of carbonyl (C=O) groups is 2. The Kier molecular flexibility index (Phi) is 9.46. The summed E-state index contributed by atoms with van der Waals surface area (Å²) in [5.41, 5.74) is 0.609. The summed E-state index contributed by atoms with van der Waals surface area (Å²) in [6, 6.07) is 7.20. The fourth-order valence-electron chi connectivity index (χ4n) is 4.41. The van der Waals surface area contributed by atoms with Gasteiger partial charge in [-0.3, -0.25) is 9.59 Å². The molecule has 0 aliphatic carbocycles. The van der Waals surface area contributed by atoms with Crippen LogP contribution in [0.15, 0.2) is 35.9 Å². The first-order valence-corrected chi connectivity index (χ1v) is 12.1. The van der Waals surface area contributed by atoms with Gasteiger partial charge in [0.05, 0.1) is 58.8 Å². The Bertz CT molecular complexity index is 1180. The highest BCUT2D eigenvalue weighted by Crippen LogP contribution is 2.46. The van der Waals surface area contributed by atoms with Crippen molar-refractivity contribution in [3.05, 3.63) is 47.0 Å². The summed E-state index contributed by atoms with van der Waals surface area (Å²) < 4.78 is 32.8. The fraction of sp³-hybridized carbons (Fsp3) is 0.429. The Labute approximate surface area is 222 Å². The summed E-state index contributed by atoms with van der Waals surface area (Å²) >= 11 is 0. The number of hydrogen-bond donors (Lipinski definition) is 1. The van der Waals surface area contributed by atoms with E-state index in [0.29, 0.717) is 47.3 Å². The summed E-state index contributed by atoms with van der Waals surface area (Å²) in [7, 11) is 7.36. The summed E-state index contributed by atoms with van der Waals surface area (Å²) in [6.07, 6.45) is 0.506. The van der Waals surface area contributed by atoms with Crippen molar-refractivity contribution in [2.24, 2.45) is 0 Å². The quantitative estimate of drug-likeness (QED) is 0.189. The maximum absolute atomic E-state index is 13.4. The summed E-state index contributed by atoms with van der Waals surface area (Å²) in [5.74, 6) is -0.161. The van der Waals surface area contributed by atoms with Crippen LogP contribution in [0.3, 0.4) is 0 Å². The van der Waals surface area contributed by atoms with Gasteiger partial charge >= 0.3 is 0 Å². The summed E-state index contributed by atoms with van der Waals surface area (Å²) in [5, 5.41) is 11.5. The van der Waals surface area contributed by atoms with Crippen molar-refractivity contribution in [2.75, 3.05) is 48.7 Å². The molecule has 0 aromatic heterocycles. The molecule has 1 aliphatic heterocycles. The van der Waals surface area contributed by atoms with Crippen LogP contribution in [0.5, 0.6) is 28.7 Å². The molecule has 2 aromatic rings. The minimum Gasteiger partial charge on any atom is -0.507 e. The molecule has 1 amide bonds. The van der Waals surface area contributed by atoms with E-state index >= 15 is 0 Å². The van der Waals surface area contributed by atoms with Crippen LogP contribution in [-0.2, 0) is 14.3 Å². The van der Waals surface area contributed by atoms with Gasteiger partial charge in [0, 0.05) is 13.2 Å². The van der Waals surface area contributed by atoms with E-state index in [2.05, 4.69) is 0 Å². The Morgan fingerprint density at radius 2 is 1.53 bits per heavy atom. The zero-order chi connectivity index (χ0) is 28.0. The lowest BCUT2D eigenvalue weighted by Crippen LogP contribution is -2.31. The third-order valence-electron chi connectivity index (χ3n) is 6.20. The number of rotatable bonds is 12. The van der Waals surface area contributed by atoms with E-state index in [1.807, 2.05) is 13.8 Å². The number of carbonyl (C=O) groups excluding carboxylic acids is 2. The first-order valence-electron chi connectivity index (χ1n) is 12.1. The zero-order valence-electron chi connectivity index (χ0n) is 22.8. The average molecular weight is 530 g/mol. The lowest BCUT2D eigenvalue weighted by molar-refractivity contribution is -0.140. The summed E-state index contributed by atoms with van der Waals surface area (Å²) in [4.78, 5) is 28.2. The van der Waals surface area contributed by atoms with Gasteiger partial charge in [0.2, 0.25) is 5.75 Å². The predicted molar refractivity (Wildman–Crippen MR) is 140 cm³/mol. The lowest BCUT2D eigenvalue weighted by atomic mass is 9.94. The molecule has 2 aromatic carbocycles. The van der Waals surface area contributed by atoms with Crippen molar-refractivity contribution in [3.8, 4) is 28.7 Å². The number of nitrogens with zero attached hydrogens (tertiary/aromatic N) is 1. The molecule has 10 heteroatoms. The second kappa shape index (κ2) is 12.6. The number of ketones is 1. The molecule has 10 nitrogen and oxygen atoms in total. The molecule has 0 bridgehead atoms. The normalized spacial score (nSPS) is 16.6. The molecular weight excluding hydrogens is 494 g/mol. The third-order valence-corrected chi connectivity index (χ3v) is 6.20. The van der Waals surface area contributed by atoms with Gasteiger partial charge in [-0.25, -0.2) is 0 Å². The monoisotopic (exact) mass is 529 g/mol. The molecule has 1 fully saturated rings. The lowest BCUT2D eigenvalue weighted by Gasteiger charge is -2.27. The Balaban J connectivity index is 2.24. The van der Waals surface area contributed by atoms with Crippen molar-refractivity contribution in [1.82, 2.24) is 4.90 Å². The van der Waals surface area contributed by atoms with E-state index in [4.69, 9.17) is 28.4 Å². The minimum absolute atomic E-state index is 0.0249. The molecule has 1 aliphatic rings. The number of hydrogen-bond acceptors (Lipinski definition) is 9. The highest BCUT2D eigenvalue weighted by atomic mass is 16.5. The standard InChI is InChI=1S/C28H35NO9/c1-16(2)38-12-8-11-29-24(17-13-21(35-5)27(37-7)22(14-17)36-6)23(26(31)28(29)32)25(30)19-15-18(33-3)9-10-20(19)34-4/h9-10,13-16,24,30H,8,11-12H2,1-7H3/b25-23+. The second-order valence-corrected chi connectivity index (χ2v) is 8.79. The molecule has 1 saturated heterocycles. The van der Waals surface area contributed by atoms with Gasteiger partial charge in [-0.2, -0.15) is 0 Å². The average Bonchev–Trinajstić information content (AvgIpc) is 3.18. The molecule has 0 radical (unpaired) electrons. The number of aliphatic hydroxyl groups is 1. The number of aliphatic hydroxyl groups excluding tert-OH is 1. The van der Waals surface area contributed by atoms with Crippen LogP contribution in [0, 0.1) is 0 Å². The third kappa shape index (κ3) is 5.65. The van der Waals surface area contributed by atoms with E-state index < -0.39 is 23.5 Å². The molecule has 3 rings (SSSR count). The van der Waals surface area contributed by atoms with Gasteiger partial charge in [-0.05, 0) is 56.2 Å². The number of Topliss-reactive ketones (excluding diaryl/α,β-unsaturated/α-hetero) is 1. The smallest absolute Gasteiger partial charge is 0.295 e. The van der Waals surface area contributed by atoms with Crippen molar-refractivity contribution in [1.29, 1.82) is 0 Å². The van der Waals surface area contributed by atoms with Gasteiger partial charge in [0.25, 0.3) is 11.7 Å². The second-order valence-electron chi connectivity index (χ2n) is 8.79. The largest absolute Gasteiger partial charge is 0.507 e. The predicted octanol–water partition coefficient (Wildman–Crippen LogP) is 3.97. The van der Waals surface area contributed by atoms with Gasteiger partial charge in [-0.15, -0.1) is 0 Å². The van der Waals surface area contributed by atoms with Crippen LogP contribution >= 0.6 is 0 Å². The van der Waals surface area contributed by atoms with Crippen LogP contribution in [0.2, 0.25) is 0 Å². The van der Waals surface area contributed by atoms with Gasteiger partial charge in [0.15, 0.2) is 11.5 Å². The van der Waals surface area contributed by atoms with Gasteiger partial charge in [0.1, 0.15) is 17.3 Å². The first kappa shape index (κ1) is 28.6. The maximum Gasteiger partial charge on any atom is 0.295 e. The van der Waals surface area contributed by atoms with Crippen LogP contribution in [0.25, 0.3) is 5.76 Å². The molecule has 38 heavy (non-hydrogen) atoms. The van der Waals surface area contributed by atoms with Crippen LogP contribution in [-0.4, -0.2) is 76.5 Å².